The average molecular weight is 392 g/mol. The van der Waals surface area contributed by atoms with Crippen LogP contribution in [0.5, 0.6) is 5.75 Å². The van der Waals surface area contributed by atoms with Crippen molar-refractivity contribution < 1.29 is 14.3 Å². The number of methoxy groups -OCH3 is 1. The minimum absolute atomic E-state index is 0.297. The molecule has 0 aliphatic carbocycles. The van der Waals surface area contributed by atoms with Gasteiger partial charge in [0.05, 0.1) is 7.11 Å². The SMILES string of the molecule is CCCCCCn1cc(-c2ccc(OCc3ccccc3)cc2)cc1C(=O)OC. The standard InChI is InChI=1S/C25H29NO3/c1-3-4-5-9-16-26-18-22(17-24(26)25(27)28-2)21-12-14-23(15-13-21)29-19-20-10-7-6-8-11-20/h6-8,10-15,17-18H,3-5,9,16,19H2,1-2H3. The number of esters is 1. The maximum Gasteiger partial charge on any atom is 0.354 e. The molecule has 0 aliphatic rings. The van der Waals surface area contributed by atoms with E-state index in [1.54, 1.807) is 0 Å². The van der Waals surface area contributed by atoms with Gasteiger partial charge in [-0.2, -0.15) is 0 Å². The van der Waals surface area contributed by atoms with E-state index < -0.39 is 0 Å². The Labute approximate surface area is 173 Å². The second-order valence-electron chi connectivity index (χ2n) is 7.16. The lowest BCUT2D eigenvalue weighted by atomic mass is 10.1. The lowest BCUT2D eigenvalue weighted by molar-refractivity contribution is 0.0588. The van der Waals surface area contributed by atoms with Gasteiger partial charge in [0.1, 0.15) is 18.1 Å². The van der Waals surface area contributed by atoms with E-state index >= 15 is 0 Å². The molecule has 0 radical (unpaired) electrons. The molecule has 0 saturated carbocycles. The Morgan fingerprint density at radius 3 is 2.38 bits per heavy atom. The van der Waals surface area contributed by atoms with Gasteiger partial charge in [0, 0.05) is 18.3 Å². The number of nitrogens with zero attached hydrogens (tertiary/aromatic N) is 1. The summed E-state index contributed by atoms with van der Waals surface area (Å²) in [5, 5.41) is 0. The fourth-order valence-electron chi connectivity index (χ4n) is 3.32. The molecule has 0 fully saturated rings. The smallest absolute Gasteiger partial charge is 0.354 e. The Hall–Kier alpha value is -3.01. The molecule has 1 heterocycles. The molecule has 0 atom stereocenters. The van der Waals surface area contributed by atoms with Crippen molar-refractivity contribution in [3.05, 3.63) is 78.1 Å². The lowest BCUT2D eigenvalue weighted by Gasteiger charge is -2.07. The van der Waals surface area contributed by atoms with Crippen molar-refractivity contribution in [2.75, 3.05) is 7.11 Å². The third-order valence-electron chi connectivity index (χ3n) is 4.98. The van der Waals surface area contributed by atoms with E-state index in [2.05, 4.69) is 6.92 Å². The number of aromatic nitrogens is 1. The molecular weight excluding hydrogens is 362 g/mol. The van der Waals surface area contributed by atoms with Crippen molar-refractivity contribution in [3.8, 4) is 16.9 Å². The van der Waals surface area contributed by atoms with Crippen LogP contribution in [0, 0.1) is 0 Å². The van der Waals surface area contributed by atoms with Gasteiger partial charge < -0.3 is 14.0 Å². The Balaban J connectivity index is 1.70. The number of carbonyl (C=O) groups is 1. The highest BCUT2D eigenvalue weighted by Crippen LogP contribution is 2.26. The maximum atomic E-state index is 12.2. The van der Waals surface area contributed by atoms with Gasteiger partial charge in [0.2, 0.25) is 0 Å². The molecule has 1 aromatic heterocycles. The molecule has 0 unspecified atom stereocenters. The first-order valence-electron chi connectivity index (χ1n) is 10.3. The normalized spacial score (nSPS) is 10.7. The van der Waals surface area contributed by atoms with Crippen molar-refractivity contribution >= 4 is 5.97 Å². The summed E-state index contributed by atoms with van der Waals surface area (Å²) in [5.41, 5.74) is 3.80. The van der Waals surface area contributed by atoms with Gasteiger partial charge in [-0.3, -0.25) is 0 Å². The zero-order chi connectivity index (χ0) is 20.5. The van der Waals surface area contributed by atoms with Crippen molar-refractivity contribution in [3.63, 3.8) is 0 Å². The molecular formula is C25H29NO3. The van der Waals surface area contributed by atoms with E-state index in [0.29, 0.717) is 12.3 Å². The number of hydrogen-bond donors (Lipinski definition) is 0. The first-order valence-corrected chi connectivity index (χ1v) is 10.3. The van der Waals surface area contributed by atoms with Gasteiger partial charge in [0.25, 0.3) is 0 Å². The summed E-state index contributed by atoms with van der Waals surface area (Å²) in [7, 11) is 1.43. The summed E-state index contributed by atoms with van der Waals surface area (Å²) in [6, 6.07) is 20.0. The minimum atomic E-state index is -0.297. The number of ether oxygens (including phenoxy) is 2. The van der Waals surface area contributed by atoms with Gasteiger partial charge in [-0.25, -0.2) is 4.79 Å². The van der Waals surface area contributed by atoms with Gasteiger partial charge in [-0.05, 0) is 35.7 Å². The maximum absolute atomic E-state index is 12.2. The summed E-state index contributed by atoms with van der Waals surface area (Å²) in [5.74, 6) is 0.527. The van der Waals surface area contributed by atoms with Crippen LogP contribution in [0.2, 0.25) is 0 Å². The Kier molecular flexibility index (Phi) is 7.51. The highest BCUT2D eigenvalue weighted by atomic mass is 16.5. The van der Waals surface area contributed by atoms with Crippen molar-refractivity contribution in [1.29, 1.82) is 0 Å². The monoisotopic (exact) mass is 391 g/mol. The van der Waals surface area contributed by atoms with Crippen molar-refractivity contribution in [1.82, 2.24) is 4.57 Å². The Morgan fingerprint density at radius 1 is 0.931 bits per heavy atom. The molecule has 4 heteroatoms. The van der Waals surface area contributed by atoms with Crippen LogP contribution in [0.4, 0.5) is 0 Å². The van der Waals surface area contributed by atoms with Gasteiger partial charge in [-0.15, -0.1) is 0 Å². The molecule has 4 nitrogen and oxygen atoms in total. The molecule has 0 saturated heterocycles. The van der Waals surface area contributed by atoms with Crippen LogP contribution in [0.1, 0.15) is 48.7 Å². The summed E-state index contributed by atoms with van der Waals surface area (Å²) in [6.07, 6.45) is 6.67. The minimum Gasteiger partial charge on any atom is -0.489 e. The van der Waals surface area contributed by atoms with Crippen LogP contribution in [-0.4, -0.2) is 17.6 Å². The third-order valence-corrected chi connectivity index (χ3v) is 4.98. The van der Waals surface area contributed by atoms with Crippen molar-refractivity contribution in [2.24, 2.45) is 0 Å². The topological polar surface area (TPSA) is 40.5 Å². The molecule has 0 amide bonds. The molecule has 152 valence electrons. The first kappa shape index (κ1) is 20.7. The van der Waals surface area contributed by atoms with E-state index in [9.17, 15) is 4.79 Å². The Morgan fingerprint density at radius 2 is 1.69 bits per heavy atom. The zero-order valence-electron chi connectivity index (χ0n) is 17.3. The summed E-state index contributed by atoms with van der Waals surface area (Å²) in [4.78, 5) is 12.2. The molecule has 0 aliphatic heterocycles. The number of unbranched alkanes of at least 4 members (excludes halogenated alkanes) is 3. The quantitative estimate of drug-likeness (QED) is 0.310. The van der Waals surface area contributed by atoms with E-state index in [-0.39, 0.29) is 5.97 Å². The molecule has 0 spiro atoms. The molecule has 2 aromatic carbocycles. The predicted octanol–water partition coefficient (Wildman–Crippen LogP) is 6.10. The molecule has 3 aromatic rings. The zero-order valence-corrected chi connectivity index (χ0v) is 17.3. The highest BCUT2D eigenvalue weighted by molar-refractivity contribution is 5.89. The van der Waals surface area contributed by atoms with Crippen LogP contribution in [0.15, 0.2) is 66.9 Å². The predicted molar refractivity (Wildman–Crippen MR) is 116 cm³/mol. The second kappa shape index (κ2) is 10.5. The molecule has 0 N–H and O–H groups in total. The number of hydrogen-bond acceptors (Lipinski definition) is 3. The van der Waals surface area contributed by atoms with E-state index in [1.807, 2.05) is 71.4 Å². The fraction of sp³-hybridized carbons (Fsp3) is 0.320. The van der Waals surface area contributed by atoms with E-state index in [0.717, 1.165) is 41.8 Å². The number of carbonyl (C=O) groups excluding carboxylic acids is 1. The third kappa shape index (κ3) is 5.74. The molecule has 0 bridgehead atoms. The molecule has 3 rings (SSSR count). The van der Waals surface area contributed by atoms with Crippen molar-refractivity contribution in [2.45, 2.75) is 45.8 Å². The van der Waals surface area contributed by atoms with Gasteiger partial charge >= 0.3 is 5.97 Å². The largest absolute Gasteiger partial charge is 0.489 e. The summed E-state index contributed by atoms with van der Waals surface area (Å²) in [6.45, 7) is 3.56. The highest BCUT2D eigenvalue weighted by Gasteiger charge is 2.15. The van der Waals surface area contributed by atoms with Crippen LogP contribution in [-0.2, 0) is 17.9 Å². The van der Waals surface area contributed by atoms with Gasteiger partial charge in [-0.1, -0.05) is 68.7 Å². The average Bonchev–Trinajstić information content (AvgIpc) is 3.20. The number of rotatable bonds is 10. The van der Waals surface area contributed by atoms with Crippen LogP contribution >= 0.6 is 0 Å². The Bertz CT molecular complexity index is 898. The first-order chi connectivity index (χ1) is 14.2. The number of benzene rings is 2. The molecule has 29 heavy (non-hydrogen) atoms. The summed E-state index contributed by atoms with van der Waals surface area (Å²) < 4.78 is 12.8. The van der Waals surface area contributed by atoms with Crippen LogP contribution < -0.4 is 4.74 Å². The van der Waals surface area contributed by atoms with Crippen LogP contribution in [0.25, 0.3) is 11.1 Å². The lowest BCUT2D eigenvalue weighted by Crippen LogP contribution is -2.10. The summed E-state index contributed by atoms with van der Waals surface area (Å²) >= 11 is 0. The van der Waals surface area contributed by atoms with E-state index in [4.69, 9.17) is 9.47 Å². The van der Waals surface area contributed by atoms with E-state index in [1.165, 1.54) is 20.0 Å². The van der Waals surface area contributed by atoms with Gasteiger partial charge in [0.15, 0.2) is 0 Å². The number of aryl methyl sites for hydroxylation is 1. The van der Waals surface area contributed by atoms with Crippen LogP contribution in [0.3, 0.4) is 0 Å². The fourth-order valence-corrected chi connectivity index (χ4v) is 3.32. The second-order valence-corrected chi connectivity index (χ2v) is 7.16.